The minimum atomic E-state index is -0.598. The molecule has 4 N–H and O–H groups in total. The quantitative estimate of drug-likeness (QED) is 0.186. The maximum atomic E-state index is 13.4. The first-order chi connectivity index (χ1) is 20.3. The molecular formula is C33H33N3O6. The fourth-order valence-corrected chi connectivity index (χ4v) is 4.23. The number of methoxy groups -OCH3 is 3. The summed E-state index contributed by atoms with van der Waals surface area (Å²) in [4.78, 5) is 25.9. The molecule has 0 aliphatic rings. The van der Waals surface area contributed by atoms with Gasteiger partial charge in [-0.3, -0.25) is 4.79 Å². The third-order valence-corrected chi connectivity index (χ3v) is 6.54. The van der Waals surface area contributed by atoms with E-state index in [1.54, 1.807) is 69.9 Å². The molecule has 0 aromatic heterocycles. The molecule has 0 atom stereocenters. The lowest BCUT2D eigenvalue weighted by Crippen LogP contribution is -2.24. The normalized spacial score (nSPS) is 10.4. The van der Waals surface area contributed by atoms with Crippen LogP contribution in [0.15, 0.2) is 91.5 Å². The number of nitrogens with one attached hydrogen (secondary N) is 2. The number of anilines is 2. The second kappa shape index (κ2) is 13.8. The third kappa shape index (κ3) is 7.19. The molecule has 0 radical (unpaired) electrons. The molecule has 216 valence electrons. The average Bonchev–Trinajstić information content (AvgIpc) is 3.03. The summed E-state index contributed by atoms with van der Waals surface area (Å²) in [5.74, 6) is 1.46. The fourth-order valence-electron chi connectivity index (χ4n) is 4.23. The van der Waals surface area contributed by atoms with Crippen molar-refractivity contribution in [3.8, 4) is 28.4 Å². The van der Waals surface area contributed by atoms with Crippen molar-refractivity contribution in [1.82, 2.24) is 5.32 Å². The average molecular weight is 568 g/mol. The molecule has 0 aliphatic heterocycles. The van der Waals surface area contributed by atoms with E-state index >= 15 is 0 Å². The highest BCUT2D eigenvalue weighted by atomic mass is 16.5. The second-order valence-electron chi connectivity index (χ2n) is 9.25. The maximum Gasteiger partial charge on any atom is 0.407 e. The Morgan fingerprint density at radius 1 is 0.833 bits per heavy atom. The second-order valence-corrected chi connectivity index (χ2v) is 9.25. The van der Waals surface area contributed by atoms with Gasteiger partial charge in [0.1, 0.15) is 12.4 Å². The van der Waals surface area contributed by atoms with Crippen LogP contribution in [0.2, 0.25) is 0 Å². The van der Waals surface area contributed by atoms with E-state index in [0.717, 1.165) is 22.4 Å². The van der Waals surface area contributed by atoms with Crippen LogP contribution in [-0.4, -0.2) is 39.9 Å². The number of amides is 2. The Hall–Kier alpha value is -5.44. The minimum Gasteiger partial charge on any atom is -0.497 e. The van der Waals surface area contributed by atoms with Crippen LogP contribution in [0, 0.1) is 0 Å². The van der Waals surface area contributed by atoms with Crippen LogP contribution in [0.3, 0.4) is 0 Å². The van der Waals surface area contributed by atoms with Crippen LogP contribution >= 0.6 is 0 Å². The van der Waals surface area contributed by atoms with Crippen LogP contribution in [0.1, 0.15) is 21.5 Å². The van der Waals surface area contributed by atoms with Crippen molar-refractivity contribution in [2.24, 2.45) is 0 Å². The van der Waals surface area contributed by atoms with Crippen molar-refractivity contribution in [3.05, 3.63) is 108 Å². The first-order valence-electron chi connectivity index (χ1n) is 13.1. The number of nitrogens with two attached hydrogens (primary N) is 1. The zero-order valence-corrected chi connectivity index (χ0v) is 23.7. The van der Waals surface area contributed by atoms with E-state index in [9.17, 15) is 9.59 Å². The van der Waals surface area contributed by atoms with E-state index in [4.69, 9.17) is 24.7 Å². The standard InChI is InChI=1S/C33H33N3O6/c1-21(23-10-13-25(39-2)14-11-23)20-42-33(38)35-19-22-9-15-26(32(37)36-29-8-6-5-7-28(29)34)27(17-22)24-12-16-30(40-3)31(18-24)41-4/h5-18H,1,19-20,34H2,2-4H3,(H,35,38)(H,36,37). The Labute approximate surface area is 244 Å². The summed E-state index contributed by atoms with van der Waals surface area (Å²) < 4.78 is 21.4. The van der Waals surface area contributed by atoms with Crippen molar-refractivity contribution in [2.45, 2.75) is 6.54 Å². The number of hydrogen-bond acceptors (Lipinski definition) is 7. The van der Waals surface area contributed by atoms with Gasteiger partial charge in [0.05, 0.1) is 32.7 Å². The van der Waals surface area contributed by atoms with E-state index in [1.165, 1.54) is 0 Å². The van der Waals surface area contributed by atoms with Gasteiger partial charge in [0.15, 0.2) is 11.5 Å². The summed E-state index contributed by atoms with van der Waals surface area (Å²) in [5, 5.41) is 5.64. The Kier molecular flexibility index (Phi) is 9.68. The number of alkyl carbamates (subject to hydrolysis) is 1. The summed E-state index contributed by atoms with van der Waals surface area (Å²) in [6.45, 7) is 4.19. The van der Waals surface area contributed by atoms with Gasteiger partial charge in [0.2, 0.25) is 0 Å². The topological polar surface area (TPSA) is 121 Å². The molecule has 0 bridgehead atoms. The molecule has 0 unspecified atom stereocenters. The van der Waals surface area contributed by atoms with Gasteiger partial charge in [0.25, 0.3) is 5.91 Å². The summed E-state index contributed by atoms with van der Waals surface area (Å²) in [5.41, 5.74) is 11.0. The van der Waals surface area contributed by atoms with Crippen LogP contribution in [0.25, 0.3) is 16.7 Å². The molecule has 0 saturated carbocycles. The maximum absolute atomic E-state index is 13.4. The lowest BCUT2D eigenvalue weighted by molar-refractivity contribution is 0.102. The highest BCUT2D eigenvalue weighted by molar-refractivity contribution is 6.10. The molecule has 4 rings (SSSR count). The predicted octanol–water partition coefficient (Wildman–Crippen LogP) is 6.15. The molecule has 2 amide bonds. The van der Waals surface area contributed by atoms with Gasteiger partial charge < -0.3 is 35.3 Å². The fraction of sp³-hybridized carbons (Fsp3) is 0.152. The van der Waals surface area contributed by atoms with Crippen molar-refractivity contribution >= 4 is 28.9 Å². The molecule has 0 saturated heterocycles. The van der Waals surface area contributed by atoms with Gasteiger partial charge in [-0.15, -0.1) is 0 Å². The molecule has 9 heteroatoms. The highest BCUT2D eigenvalue weighted by Gasteiger charge is 2.17. The number of para-hydroxylation sites is 2. The van der Waals surface area contributed by atoms with Crippen molar-refractivity contribution in [2.75, 3.05) is 39.0 Å². The zero-order chi connectivity index (χ0) is 30.1. The molecular weight excluding hydrogens is 534 g/mol. The van der Waals surface area contributed by atoms with Crippen LogP contribution in [-0.2, 0) is 11.3 Å². The largest absolute Gasteiger partial charge is 0.497 e. The number of hydrogen-bond donors (Lipinski definition) is 3. The van der Waals surface area contributed by atoms with E-state index in [0.29, 0.717) is 39.6 Å². The first kappa shape index (κ1) is 29.5. The summed E-state index contributed by atoms with van der Waals surface area (Å²) in [6.07, 6.45) is -0.598. The molecule has 0 aliphatic carbocycles. The Bertz CT molecular complexity index is 1580. The van der Waals surface area contributed by atoms with E-state index in [-0.39, 0.29) is 19.1 Å². The van der Waals surface area contributed by atoms with Crippen molar-refractivity contribution in [1.29, 1.82) is 0 Å². The van der Waals surface area contributed by atoms with Crippen LogP contribution in [0.5, 0.6) is 17.2 Å². The molecule has 9 nitrogen and oxygen atoms in total. The van der Waals surface area contributed by atoms with Gasteiger partial charge in [-0.25, -0.2) is 4.79 Å². The lowest BCUT2D eigenvalue weighted by atomic mass is 9.96. The zero-order valence-electron chi connectivity index (χ0n) is 23.7. The molecule has 0 spiro atoms. The number of carbonyl (C=O) groups excluding carboxylic acids is 2. The number of rotatable bonds is 11. The Morgan fingerprint density at radius 3 is 2.26 bits per heavy atom. The van der Waals surface area contributed by atoms with Crippen molar-refractivity contribution in [3.63, 3.8) is 0 Å². The minimum absolute atomic E-state index is 0.0246. The van der Waals surface area contributed by atoms with E-state index < -0.39 is 6.09 Å². The predicted molar refractivity (Wildman–Crippen MR) is 164 cm³/mol. The third-order valence-electron chi connectivity index (χ3n) is 6.54. The van der Waals surface area contributed by atoms with Gasteiger partial charge in [-0.1, -0.05) is 43.0 Å². The first-order valence-corrected chi connectivity index (χ1v) is 13.1. The Morgan fingerprint density at radius 2 is 1.57 bits per heavy atom. The number of benzene rings is 4. The van der Waals surface area contributed by atoms with Crippen LogP contribution < -0.4 is 30.6 Å². The number of carbonyl (C=O) groups is 2. The summed E-state index contributed by atoms with van der Waals surface area (Å²) >= 11 is 0. The monoisotopic (exact) mass is 567 g/mol. The SMILES string of the molecule is C=C(COC(=O)NCc1ccc(C(=O)Nc2ccccc2N)c(-c2ccc(OC)c(OC)c2)c1)c1ccc(OC)cc1. The molecule has 0 fully saturated rings. The molecule has 4 aromatic carbocycles. The van der Waals surface area contributed by atoms with E-state index in [1.807, 2.05) is 36.4 Å². The van der Waals surface area contributed by atoms with Crippen LogP contribution in [0.4, 0.5) is 16.2 Å². The van der Waals surface area contributed by atoms with Gasteiger partial charge in [0, 0.05) is 12.1 Å². The summed E-state index contributed by atoms with van der Waals surface area (Å²) in [7, 11) is 4.69. The number of nitrogen functional groups attached to an aromatic ring is 1. The molecule has 0 heterocycles. The highest BCUT2D eigenvalue weighted by Crippen LogP contribution is 2.34. The Balaban J connectivity index is 1.51. The van der Waals surface area contributed by atoms with Crippen molar-refractivity contribution < 1.29 is 28.5 Å². The van der Waals surface area contributed by atoms with Gasteiger partial charge >= 0.3 is 6.09 Å². The lowest BCUT2D eigenvalue weighted by Gasteiger charge is -2.16. The van der Waals surface area contributed by atoms with Gasteiger partial charge in [-0.05, 0) is 76.4 Å². The van der Waals surface area contributed by atoms with E-state index in [2.05, 4.69) is 17.2 Å². The molecule has 4 aromatic rings. The smallest absolute Gasteiger partial charge is 0.407 e. The summed E-state index contributed by atoms with van der Waals surface area (Å²) in [6, 6.07) is 25.1. The number of ether oxygens (including phenoxy) is 4. The van der Waals surface area contributed by atoms with Gasteiger partial charge in [-0.2, -0.15) is 0 Å². The molecule has 42 heavy (non-hydrogen) atoms.